The van der Waals surface area contributed by atoms with Gasteiger partial charge in [-0.3, -0.25) is 0 Å². The number of hydrogen-bond donors (Lipinski definition) is 3. The van der Waals surface area contributed by atoms with Crippen LogP contribution in [0, 0.1) is 36.5 Å². The summed E-state index contributed by atoms with van der Waals surface area (Å²) < 4.78 is 0. The van der Waals surface area contributed by atoms with Gasteiger partial charge in [-0.15, -0.1) is 0 Å². The van der Waals surface area contributed by atoms with Crippen molar-refractivity contribution in [2.24, 2.45) is 16.5 Å². The maximum Gasteiger partial charge on any atom is 0.199 e. The molecule has 0 aliphatic heterocycles. The average Bonchev–Trinajstić information content (AvgIpc) is 2.79. The molecule has 0 amide bonds. The molecule has 0 heterocycles. The largest absolute Gasteiger partial charge is 0.383 e. The van der Waals surface area contributed by atoms with Crippen molar-refractivity contribution in [1.29, 1.82) is 10.5 Å². The Bertz CT molecular complexity index is 1480. The number of guanidine groups is 1. The van der Waals surface area contributed by atoms with E-state index in [0.717, 1.165) is 27.8 Å². The van der Waals surface area contributed by atoms with E-state index in [2.05, 4.69) is 23.0 Å². The summed E-state index contributed by atoms with van der Waals surface area (Å²) in [7, 11) is 0. The van der Waals surface area contributed by atoms with Gasteiger partial charge in [-0.2, -0.15) is 15.5 Å². The summed E-state index contributed by atoms with van der Waals surface area (Å²) in [4.78, 5) is 4.29. The van der Waals surface area contributed by atoms with E-state index in [1.54, 1.807) is 36.4 Å². The van der Waals surface area contributed by atoms with Crippen molar-refractivity contribution in [2.75, 3.05) is 5.32 Å². The van der Waals surface area contributed by atoms with Crippen LogP contribution < -0.4 is 27.2 Å². The number of nitriles is 2. The van der Waals surface area contributed by atoms with Gasteiger partial charge >= 0.3 is 0 Å². The van der Waals surface area contributed by atoms with Gasteiger partial charge in [-0.1, -0.05) is 30.3 Å². The summed E-state index contributed by atoms with van der Waals surface area (Å²) in [6.07, 6.45) is 3.21. The summed E-state index contributed by atoms with van der Waals surface area (Å²) >= 11 is 6.45. The molecule has 0 spiro atoms. The zero-order chi connectivity index (χ0) is 24.8. The molecular formula is C27H23ClN6. The fraction of sp³-hybridized carbons (Fsp3) is 0.0741. The van der Waals surface area contributed by atoms with E-state index in [9.17, 15) is 0 Å². The highest BCUT2D eigenvalue weighted by atomic mass is 35.5. The lowest BCUT2D eigenvalue weighted by atomic mass is 9.92. The Morgan fingerprint density at radius 2 is 1.71 bits per heavy atom. The highest BCUT2D eigenvalue weighted by Gasteiger charge is 2.11. The quantitative estimate of drug-likeness (QED) is 0.305. The van der Waals surface area contributed by atoms with Crippen LogP contribution in [0.15, 0.2) is 59.6 Å². The minimum Gasteiger partial charge on any atom is -0.383 e. The molecule has 5 N–H and O–H groups in total. The second-order valence-corrected chi connectivity index (χ2v) is 8.10. The number of hydrogen-bond acceptors (Lipinski definition) is 4. The molecule has 34 heavy (non-hydrogen) atoms. The van der Waals surface area contributed by atoms with E-state index in [-0.39, 0.29) is 11.8 Å². The van der Waals surface area contributed by atoms with Crippen LogP contribution in [0.1, 0.15) is 22.3 Å². The molecule has 0 aromatic heterocycles. The van der Waals surface area contributed by atoms with Crippen molar-refractivity contribution in [3.8, 4) is 23.3 Å². The summed E-state index contributed by atoms with van der Waals surface area (Å²) in [5.74, 6) is 0.250. The number of anilines is 1. The van der Waals surface area contributed by atoms with Crippen molar-refractivity contribution in [3.05, 3.63) is 92.3 Å². The van der Waals surface area contributed by atoms with Gasteiger partial charge in [0.15, 0.2) is 5.96 Å². The second-order valence-electron chi connectivity index (χ2n) is 7.67. The van der Waals surface area contributed by atoms with E-state index < -0.39 is 0 Å². The molecule has 0 atom stereocenters. The van der Waals surface area contributed by atoms with Gasteiger partial charge in [0.05, 0.1) is 17.7 Å². The van der Waals surface area contributed by atoms with E-state index in [4.69, 9.17) is 33.6 Å². The predicted molar refractivity (Wildman–Crippen MR) is 140 cm³/mol. The molecule has 3 aromatic carbocycles. The van der Waals surface area contributed by atoms with Crippen LogP contribution >= 0.6 is 11.6 Å². The number of rotatable bonds is 4. The monoisotopic (exact) mass is 466 g/mol. The molecule has 0 unspecified atom stereocenters. The number of halogens is 1. The molecule has 0 fully saturated rings. The van der Waals surface area contributed by atoms with E-state index >= 15 is 0 Å². The van der Waals surface area contributed by atoms with Crippen molar-refractivity contribution in [2.45, 2.75) is 13.8 Å². The first kappa shape index (κ1) is 24.1. The van der Waals surface area contributed by atoms with Gasteiger partial charge in [0.1, 0.15) is 5.82 Å². The summed E-state index contributed by atoms with van der Waals surface area (Å²) in [6, 6.07) is 18.4. The van der Waals surface area contributed by atoms with Crippen LogP contribution in [0.2, 0.25) is 5.02 Å². The number of nitrogens with two attached hydrogens (primary N) is 2. The molecule has 3 aromatic rings. The maximum atomic E-state index is 8.92. The average molecular weight is 467 g/mol. The standard InChI is InChI=1S/C27H23ClN6/c1-16-11-20(5-4-10-29)12-17(2)25(16)23-13-21(28)14-24(18(23)3)26(31)34-27(32)33-22-8-6-19(15-30)7-9-22/h4-9,11-14H,3,31H2,1-2H3,(H3,32,33,34)/b5-4+,26-24-. The van der Waals surface area contributed by atoms with Gasteiger partial charge < -0.3 is 16.8 Å². The Morgan fingerprint density at radius 1 is 1.06 bits per heavy atom. The minimum absolute atomic E-state index is 0.0872. The van der Waals surface area contributed by atoms with Crippen molar-refractivity contribution in [1.82, 2.24) is 0 Å². The van der Waals surface area contributed by atoms with Crippen LogP contribution in [0.4, 0.5) is 5.69 Å². The predicted octanol–water partition coefficient (Wildman–Crippen LogP) is 3.89. The van der Waals surface area contributed by atoms with Gasteiger partial charge in [0.25, 0.3) is 0 Å². The molecule has 0 bridgehead atoms. The summed E-state index contributed by atoms with van der Waals surface area (Å²) in [5.41, 5.74) is 18.3. The molecule has 0 saturated carbocycles. The molecule has 0 aliphatic carbocycles. The van der Waals surface area contributed by atoms with Crippen LogP contribution in [0.5, 0.6) is 0 Å². The SMILES string of the molecule is C=c1c(-c2c(C)cc(/C=C/C#N)cc2C)cc(Cl)c/c1=C(N)/N=C(\N)Nc1ccc(C#N)cc1. The molecular weight excluding hydrogens is 444 g/mol. The fourth-order valence-corrected chi connectivity index (χ4v) is 3.95. The zero-order valence-corrected chi connectivity index (χ0v) is 19.6. The minimum atomic E-state index is 0.0872. The Morgan fingerprint density at radius 3 is 2.29 bits per heavy atom. The fourth-order valence-electron chi connectivity index (χ4n) is 3.73. The maximum absolute atomic E-state index is 8.92. The molecule has 0 aliphatic rings. The number of aryl methyl sites for hydroxylation is 2. The molecule has 0 saturated heterocycles. The van der Waals surface area contributed by atoms with Gasteiger partial charge in [0.2, 0.25) is 0 Å². The molecule has 7 heteroatoms. The first-order valence-corrected chi connectivity index (χ1v) is 10.7. The number of benzene rings is 3. The molecule has 6 nitrogen and oxygen atoms in total. The Labute approximate surface area is 203 Å². The number of allylic oxidation sites excluding steroid dienone is 1. The van der Waals surface area contributed by atoms with Crippen LogP contribution in [0.3, 0.4) is 0 Å². The number of nitrogens with one attached hydrogen (secondary N) is 1. The Kier molecular flexibility index (Phi) is 7.38. The third kappa shape index (κ3) is 5.45. The van der Waals surface area contributed by atoms with E-state index in [1.807, 2.05) is 38.1 Å². The van der Waals surface area contributed by atoms with E-state index in [1.165, 1.54) is 6.08 Å². The normalized spacial score (nSPS) is 12.2. The van der Waals surface area contributed by atoms with Crippen LogP contribution in [-0.2, 0) is 0 Å². The smallest absolute Gasteiger partial charge is 0.199 e. The lowest BCUT2D eigenvalue weighted by Crippen LogP contribution is -2.32. The highest BCUT2D eigenvalue weighted by molar-refractivity contribution is 6.30. The molecule has 0 radical (unpaired) electrons. The lowest BCUT2D eigenvalue weighted by molar-refractivity contribution is 1.32. The molecule has 168 valence electrons. The summed E-state index contributed by atoms with van der Waals surface area (Å²) in [5, 5.41) is 22.4. The lowest BCUT2D eigenvalue weighted by Gasteiger charge is -2.14. The zero-order valence-electron chi connectivity index (χ0n) is 18.9. The topological polar surface area (TPSA) is 124 Å². The van der Waals surface area contributed by atoms with Gasteiger partial charge in [0, 0.05) is 22.0 Å². The second kappa shape index (κ2) is 10.4. The number of nitrogens with zero attached hydrogens (tertiary/aromatic N) is 3. The van der Waals surface area contributed by atoms with Crippen molar-refractivity contribution in [3.63, 3.8) is 0 Å². The van der Waals surface area contributed by atoms with Crippen molar-refractivity contribution < 1.29 is 0 Å². The Hall–Kier alpha value is -4.52. The van der Waals surface area contributed by atoms with Gasteiger partial charge in [-0.25, -0.2) is 0 Å². The molecule has 3 rings (SSSR count). The van der Waals surface area contributed by atoms with Gasteiger partial charge in [-0.05, 0) is 89.4 Å². The van der Waals surface area contributed by atoms with Crippen LogP contribution in [0.25, 0.3) is 29.6 Å². The number of aliphatic imine (C=N–C) groups is 1. The van der Waals surface area contributed by atoms with Crippen LogP contribution in [-0.4, -0.2) is 5.96 Å². The summed E-state index contributed by atoms with van der Waals surface area (Å²) in [6.45, 7) is 8.24. The third-order valence-corrected chi connectivity index (χ3v) is 5.41. The first-order valence-electron chi connectivity index (χ1n) is 10.3. The van der Waals surface area contributed by atoms with Crippen molar-refractivity contribution >= 4 is 41.7 Å². The highest BCUT2D eigenvalue weighted by Crippen LogP contribution is 2.27. The van der Waals surface area contributed by atoms with E-state index in [0.29, 0.717) is 26.7 Å². The third-order valence-electron chi connectivity index (χ3n) is 5.19. The first-order chi connectivity index (χ1) is 16.2. The Balaban J connectivity index is 2.08.